The molecule has 0 aliphatic carbocycles. The summed E-state index contributed by atoms with van der Waals surface area (Å²) in [5, 5.41) is 6.49. The molecule has 32 heavy (non-hydrogen) atoms. The summed E-state index contributed by atoms with van der Waals surface area (Å²) >= 11 is 15.2. The second-order valence-electron chi connectivity index (χ2n) is 7.91. The quantitative estimate of drug-likeness (QED) is 0.365. The molecule has 0 unspecified atom stereocenters. The molecule has 2 N–H and O–H groups in total. The van der Waals surface area contributed by atoms with Gasteiger partial charge in [-0.25, -0.2) is 0 Å². The number of thiocarbonyl (C=S) groups is 1. The monoisotopic (exact) mass is 531 g/mol. The molecule has 0 spiro atoms. The summed E-state index contributed by atoms with van der Waals surface area (Å²) in [5.41, 5.74) is 2.62. The number of halogens is 2. The van der Waals surface area contributed by atoms with Gasteiger partial charge in [-0.05, 0) is 73.4 Å². The Morgan fingerprint density at radius 1 is 1.12 bits per heavy atom. The second-order valence-corrected chi connectivity index (χ2v) is 9.65. The first-order chi connectivity index (χ1) is 15.4. The SMILES string of the molecule is CC1CCN(c2ccc(NC(=S)NC(=O)c3ccc(-c4ccc(Br)cc4)o3)cc2Cl)CC1. The Labute approximate surface area is 206 Å². The van der Waals surface area contributed by atoms with Gasteiger partial charge in [-0.1, -0.05) is 46.6 Å². The number of carbonyl (C=O) groups excluding carboxylic acids is 1. The zero-order valence-electron chi connectivity index (χ0n) is 17.5. The molecule has 3 aromatic rings. The first-order valence-electron chi connectivity index (χ1n) is 10.4. The van der Waals surface area contributed by atoms with E-state index in [1.165, 1.54) is 12.8 Å². The Hall–Kier alpha value is -2.35. The third-order valence-corrected chi connectivity index (χ3v) is 6.55. The fourth-order valence-electron chi connectivity index (χ4n) is 3.65. The lowest BCUT2D eigenvalue weighted by atomic mass is 9.99. The maximum atomic E-state index is 12.5. The van der Waals surface area contributed by atoms with E-state index < -0.39 is 5.91 Å². The maximum absolute atomic E-state index is 12.5. The van der Waals surface area contributed by atoms with E-state index in [4.69, 9.17) is 28.2 Å². The predicted molar refractivity (Wildman–Crippen MR) is 138 cm³/mol. The molecular formula is C24H23BrClN3O2S. The number of hydrogen-bond donors (Lipinski definition) is 2. The zero-order valence-corrected chi connectivity index (χ0v) is 20.7. The lowest BCUT2D eigenvalue weighted by Gasteiger charge is -2.32. The normalized spacial score (nSPS) is 14.3. The van der Waals surface area contributed by atoms with E-state index in [0.29, 0.717) is 16.5 Å². The van der Waals surface area contributed by atoms with Crippen LogP contribution in [0.4, 0.5) is 11.4 Å². The van der Waals surface area contributed by atoms with Gasteiger partial charge < -0.3 is 14.6 Å². The van der Waals surface area contributed by atoms with Crippen LogP contribution in [0, 0.1) is 5.92 Å². The molecule has 5 nitrogen and oxygen atoms in total. The highest BCUT2D eigenvalue weighted by molar-refractivity contribution is 9.10. The Bertz CT molecular complexity index is 1120. The standard InChI is InChI=1S/C24H23BrClN3O2S/c1-15-10-12-29(13-11-15)20-7-6-18(14-19(20)26)27-24(32)28-23(30)22-9-8-21(31-22)16-2-4-17(25)5-3-16/h2-9,14-15H,10-13H2,1H3,(H2,27,28,30,32). The van der Waals surface area contributed by atoms with Gasteiger partial charge in [0.05, 0.1) is 10.7 Å². The topological polar surface area (TPSA) is 57.5 Å². The van der Waals surface area contributed by atoms with Gasteiger partial charge in [0.1, 0.15) is 5.76 Å². The average Bonchev–Trinajstić information content (AvgIpc) is 3.26. The third-order valence-electron chi connectivity index (χ3n) is 5.52. The van der Waals surface area contributed by atoms with Crippen LogP contribution in [0.1, 0.15) is 30.3 Å². The summed E-state index contributed by atoms with van der Waals surface area (Å²) < 4.78 is 6.66. The number of anilines is 2. The number of amides is 1. The molecule has 4 rings (SSSR count). The van der Waals surface area contributed by atoms with Crippen molar-refractivity contribution in [2.75, 3.05) is 23.3 Å². The molecule has 2 aromatic carbocycles. The molecule has 1 amide bonds. The molecule has 1 aliphatic rings. The van der Waals surface area contributed by atoms with E-state index in [9.17, 15) is 4.79 Å². The number of nitrogens with one attached hydrogen (secondary N) is 2. The van der Waals surface area contributed by atoms with Crippen LogP contribution in [0.25, 0.3) is 11.3 Å². The Balaban J connectivity index is 1.36. The van der Waals surface area contributed by atoms with Gasteiger partial charge in [0.15, 0.2) is 10.9 Å². The molecule has 0 atom stereocenters. The van der Waals surface area contributed by atoms with Gasteiger partial charge in [-0.15, -0.1) is 0 Å². The minimum atomic E-state index is -0.420. The summed E-state index contributed by atoms with van der Waals surface area (Å²) in [6.07, 6.45) is 2.34. The largest absolute Gasteiger partial charge is 0.451 e. The van der Waals surface area contributed by atoms with Gasteiger partial charge in [0.25, 0.3) is 5.91 Å². The van der Waals surface area contributed by atoms with E-state index in [0.717, 1.165) is 34.7 Å². The second kappa shape index (κ2) is 10.1. The Kier molecular flexibility index (Phi) is 7.18. The Morgan fingerprint density at radius 2 is 1.84 bits per heavy atom. The highest BCUT2D eigenvalue weighted by atomic mass is 79.9. The van der Waals surface area contributed by atoms with Crippen molar-refractivity contribution in [3.05, 3.63) is 69.9 Å². The van der Waals surface area contributed by atoms with E-state index in [-0.39, 0.29) is 10.9 Å². The van der Waals surface area contributed by atoms with Gasteiger partial charge in [0, 0.05) is 28.8 Å². The van der Waals surface area contributed by atoms with Gasteiger partial charge >= 0.3 is 0 Å². The van der Waals surface area contributed by atoms with Crippen molar-refractivity contribution in [2.45, 2.75) is 19.8 Å². The molecule has 2 heterocycles. The van der Waals surface area contributed by atoms with Crippen LogP contribution in [-0.4, -0.2) is 24.1 Å². The number of carbonyl (C=O) groups is 1. The minimum absolute atomic E-state index is 0.173. The van der Waals surface area contributed by atoms with E-state index in [1.54, 1.807) is 12.1 Å². The third kappa shape index (κ3) is 5.52. The lowest BCUT2D eigenvalue weighted by Crippen LogP contribution is -2.34. The maximum Gasteiger partial charge on any atom is 0.293 e. The summed E-state index contributed by atoms with van der Waals surface area (Å²) in [5.74, 6) is 1.12. The molecule has 1 aromatic heterocycles. The first-order valence-corrected chi connectivity index (χ1v) is 12.0. The summed E-state index contributed by atoms with van der Waals surface area (Å²) in [6, 6.07) is 16.8. The fourth-order valence-corrected chi connectivity index (χ4v) is 4.42. The van der Waals surface area contributed by atoms with Crippen molar-refractivity contribution < 1.29 is 9.21 Å². The molecular weight excluding hydrogens is 510 g/mol. The predicted octanol–water partition coefficient (Wildman–Crippen LogP) is 6.73. The van der Waals surface area contributed by atoms with Crippen LogP contribution >= 0.6 is 39.7 Å². The molecule has 1 aliphatic heterocycles. The molecule has 1 saturated heterocycles. The van der Waals surface area contributed by atoms with Gasteiger partial charge in [-0.3, -0.25) is 10.1 Å². The number of rotatable bonds is 4. The summed E-state index contributed by atoms with van der Waals surface area (Å²) in [4.78, 5) is 14.8. The van der Waals surface area contributed by atoms with Crippen molar-refractivity contribution in [1.29, 1.82) is 0 Å². The van der Waals surface area contributed by atoms with Crippen molar-refractivity contribution in [2.24, 2.45) is 5.92 Å². The van der Waals surface area contributed by atoms with E-state index >= 15 is 0 Å². The molecule has 0 radical (unpaired) electrons. The summed E-state index contributed by atoms with van der Waals surface area (Å²) in [7, 11) is 0. The number of furan rings is 1. The van der Waals surface area contributed by atoms with Crippen molar-refractivity contribution in [3.8, 4) is 11.3 Å². The molecule has 0 saturated carbocycles. The zero-order chi connectivity index (χ0) is 22.7. The van der Waals surface area contributed by atoms with E-state index in [1.807, 2.05) is 42.5 Å². The van der Waals surface area contributed by atoms with Crippen LogP contribution in [-0.2, 0) is 0 Å². The lowest BCUT2D eigenvalue weighted by molar-refractivity contribution is 0.0951. The molecule has 1 fully saturated rings. The molecule has 8 heteroatoms. The van der Waals surface area contributed by atoms with E-state index in [2.05, 4.69) is 38.4 Å². The smallest absolute Gasteiger partial charge is 0.293 e. The number of nitrogens with zero attached hydrogens (tertiary/aromatic N) is 1. The first kappa shape index (κ1) is 22.8. The van der Waals surface area contributed by atoms with Crippen molar-refractivity contribution >= 4 is 62.1 Å². The molecule has 0 bridgehead atoms. The van der Waals surface area contributed by atoms with Crippen LogP contribution in [0.3, 0.4) is 0 Å². The average molecular weight is 533 g/mol. The van der Waals surface area contributed by atoms with Crippen LogP contribution in [0.15, 0.2) is 63.5 Å². The highest BCUT2D eigenvalue weighted by Gasteiger charge is 2.19. The molecule has 166 valence electrons. The highest BCUT2D eigenvalue weighted by Crippen LogP contribution is 2.32. The summed E-state index contributed by atoms with van der Waals surface area (Å²) in [6.45, 7) is 4.30. The van der Waals surface area contributed by atoms with Crippen LogP contribution < -0.4 is 15.5 Å². The number of hydrogen-bond acceptors (Lipinski definition) is 4. The number of benzene rings is 2. The minimum Gasteiger partial charge on any atom is -0.451 e. The number of piperidine rings is 1. The van der Waals surface area contributed by atoms with Gasteiger partial charge in [0.2, 0.25) is 0 Å². The Morgan fingerprint density at radius 3 is 2.53 bits per heavy atom. The fraction of sp³-hybridized carbons (Fsp3) is 0.250. The van der Waals surface area contributed by atoms with Crippen LogP contribution in [0.2, 0.25) is 5.02 Å². The van der Waals surface area contributed by atoms with Gasteiger partial charge in [-0.2, -0.15) is 0 Å². The van der Waals surface area contributed by atoms with Crippen LogP contribution in [0.5, 0.6) is 0 Å². The van der Waals surface area contributed by atoms with Crippen molar-refractivity contribution in [1.82, 2.24) is 5.32 Å². The van der Waals surface area contributed by atoms with Crippen molar-refractivity contribution in [3.63, 3.8) is 0 Å².